The minimum absolute atomic E-state index is 0.154. The van der Waals surface area contributed by atoms with Gasteiger partial charge in [0.25, 0.3) is 5.91 Å². The maximum Gasteiger partial charge on any atom is 0.326 e. The SMILES string of the molecule is O=C(O)C1CC(O)CN1C(=O)c1cc(F)c(Cl)cc1F. The molecule has 0 saturated carbocycles. The second-order valence-corrected chi connectivity index (χ2v) is 4.85. The van der Waals surface area contributed by atoms with E-state index in [0.29, 0.717) is 12.1 Å². The van der Waals surface area contributed by atoms with Gasteiger partial charge in [-0.2, -0.15) is 0 Å². The van der Waals surface area contributed by atoms with E-state index in [1.807, 2.05) is 0 Å². The summed E-state index contributed by atoms with van der Waals surface area (Å²) in [6.45, 7) is -0.251. The highest BCUT2D eigenvalue weighted by Gasteiger charge is 2.40. The van der Waals surface area contributed by atoms with Gasteiger partial charge in [0.2, 0.25) is 0 Å². The maximum atomic E-state index is 13.7. The van der Waals surface area contributed by atoms with Crippen LogP contribution in [0.25, 0.3) is 0 Å². The van der Waals surface area contributed by atoms with E-state index in [9.17, 15) is 23.5 Å². The van der Waals surface area contributed by atoms with Crippen molar-refractivity contribution in [1.29, 1.82) is 0 Å². The molecule has 2 unspecified atom stereocenters. The number of amides is 1. The van der Waals surface area contributed by atoms with Gasteiger partial charge in [-0.1, -0.05) is 11.6 Å². The van der Waals surface area contributed by atoms with Crippen LogP contribution in [-0.2, 0) is 4.79 Å². The molecule has 2 rings (SSSR count). The number of hydrogen-bond donors (Lipinski definition) is 2. The highest BCUT2D eigenvalue weighted by Crippen LogP contribution is 2.25. The van der Waals surface area contributed by atoms with Gasteiger partial charge in [-0.05, 0) is 12.1 Å². The Labute approximate surface area is 117 Å². The van der Waals surface area contributed by atoms with Crippen molar-refractivity contribution in [3.63, 3.8) is 0 Å². The van der Waals surface area contributed by atoms with E-state index in [4.69, 9.17) is 16.7 Å². The molecule has 1 fully saturated rings. The number of hydrogen-bond acceptors (Lipinski definition) is 3. The Balaban J connectivity index is 2.36. The van der Waals surface area contributed by atoms with Crippen molar-refractivity contribution in [1.82, 2.24) is 4.90 Å². The van der Waals surface area contributed by atoms with Gasteiger partial charge in [0.05, 0.1) is 16.7 Å². The van der Waals surface area contributed by atoms with Gasteiger partial charge < -0.3 is 15.1 Å². The fourth-order valence-electron chi connectivity index (χ4n) is 2.11. The Morgan fingerprint density at radius 1 is 1.30 bits per heavy atom. The number of rotatable bonds is 2. The molecule has 1 aromatic rings. The average molecular weight is 306 g/mol. The Morgan fingerprint density at radius 3 is 2.55 bits per heavy atom. The molecule has 0 bridgehead atoms. The second-order valence-electron chi connectivity index (χ2n) is 4.45. The normalized spacial score (nSPS) is 22.1. The van der Waals surface area contributed by atoms with E-state index in [1.54, 1.807) is 0 Å². The van der Waals surface area contributed by atoms with Crippen LogP contribution in [0.4, 0.5) is 8.78 Å². The number of nitrogens with zero attached hydrogens (tertiary/aromatic N) is 1. The molecule has 2 atom stereocenters. The second kappa shape index (κ2) is 5.34. The maximum absolute atomic E-state index is 13.7. The van der Waals surface area contributed by atoms with Gasteiger partial charge in [0.15, 0.2) is 0 Å². The van der Waals surface area contributed by atoms with E-state index in [-0.39, 0.29) is 13.0 Å². The number of benzene rings is 1. The number of halogens is 3. The quantitative estimate of drug-likeness (QED) is 0.807. The molecule has 1 amide bonds. The van der Waals surface area contributed by atoms with Crippen LogP contribution in [0.15, 0.2) is 12.1 Å². The first-order chi connectivity index (χ1) is 9.31. The number of carbonyl (C=O) groups excluding carboxylic acids is 1. The van der Waals surface area contributed by atoms with Gasteiger partial charge in [-0.25, -0.2) is 13.6 Å². The van der Waals surface area contributed by atoms with E-state index >= 15 is 0 Å². The predicted molar refractivity (Wildman–Crippen MR) is 64.5 cm³/mol. The zero-order valence-electron chi connectivity index (χ0n) is 10.0. The summed E-state index contributed by atoms with van der Waals surface area (Å²) in [5, 5.41) is 17.9. The summed E-state index contributed by atoms with van der Waals surface area (Å²) < 4.78 is 27.0. The Hall–Kier alpha value is -1.73. The monoisotopic (exact) mass is 305 g/mol. The molecule has 1 aliphatic rings. The highest BCUT2D eigenvalue weighted by molar-refractivity contribution is 6.30. The number of aliphatic carboxylic acids is 1. The summed E-state index contributed by atoms with van der Waals surface area (Å²) >= 11 is 5.38. The van der Waals surface area contributed by atoms with Crippen LogP contribution in [0.5, 0.6) is 0 Å². The first-order valence-corrected chi connectivity index (χ1v) is 6.05. The lowest BCUT2D eigenvalue weighted by Crippen LogP contribution is -2.41. The fourth-order valence-corrected chi connectivity index (χ4v) is 2.26. The molecule has 1 heterocycles. The molecule has 1 aromatic carbocycles. The lowest BCUT2D eigenvalue weighted by atomic mass is 10.1. The van der Waals surface area contributed by atoms with E-state index < -0.39 is 46.2 Å². The lowest BCUT2D eigenvalue weighted by Gasteiger charge is -2.21. The van der Waals surface area contributed by atoms with E-state index in [1.165, 1.54) is 0 Å². The average Bonchev–Trinajstić information content (AvgIpc) is 2.75. The number of carbonyl (C=O) groups is 2. The Kier molecular flexibility index (Phi) is 3.92. The summed E-state index contributed by atoms with van der Waals surface area (Å²) in [7, 11) is 0. The molecule has 0 aliphatic carbocycles. The third-order valence-corrected chi connectivity index (χ3v) is 3.35. The molecule has 108 valence electrons. The van der Waals surface area contributed by atoms with Crippen LogP contribution in [0, 0.1) is 11.6 Å². The van der Waals surface area contributed by atoms with Crippen molar-refractivity contribution >= 4 is 23.5 Å². The topological polar surface area (TPSA) is 77.8 Å². The fraction of sp³-hybridized carbons (Fsp3) is 0.333. The number of aliphatic hydroxyl groups excluding tert-OH is 1. The first kappa shape index (κ1) is 14.7. The molecule has 5 nitrogen and oxygen atoms in total. The van der Waals surface area contributed by atoms with Crippen LogP contribution in [0.2, 0.25) is 5.02 Å². The molecular weight excluding hydrogens is 296 g/mol. The standard InChI is InChI=1S/C12H10ClF2NO4/c13-7-3-8(14)6(2-9(7)15)11(18)16-4-5(17)1-10(16)12(19)20/h2-3,5,10,17H,1,4H2,(H,19,20). The third-order valence-electron chi connectivity index (χ3n) is 3.07. The number of likely N-dealkylation sites (tertiary alicyclic amines) is 1. The summed E-state index contributed by atoms with van der Waals surface area (Å²) in [4.78, 5) is 23.9. The van der Waals surface area contributed by atoms with E-state index in [0.717, 1.165) is 4.90 Å². The largest absolute Gasteiger partial charge is 0.480 e. The number of β-amino-alcohol motifs (C(OH)–C–C–N with tert-alkyl or cyclic N) is 1. The molecule has 8 heteroatoms. The van der Waals surface area contributed by atoms with Crippen molar-refractivity contribution in [3.05, 3.63) is 34.4 Å². The van der Waals surface area contributed by atoms with Gasteiger partial charge in [-0.15, -0.1) is 0 Å². The number of carboxylic acid groups (broad SMARTS) is 1. The zero-order chi connectivity index (χ0) is 15.0. The third kappa shape index (κ3) is 2.59. The van der Waals surface area contributed by atoms with Crippen molar-refractivity contribution in [2.24, 2.45) is 0 Å². The Bertz CT molecular complexity index is 581. The van der Waals surface area contributed by atoms with Crippen molar-refractivity contribution in [2.45, 2.75) is 18.6 Å². The number of carboxylic acids is 1. The van der Waals surface area contributed by atoms with Gasteiger partial charge >= 0.3 is 5.97 Å². The molecule has 0 spiro atoms. The van der Waals surface area contributed by atoms with Crippen molar-refractivity contribution < 1.29 is 28.6 Å². The molecule has 1 aliphatic heterocycles. The van der Waals surface area contributed by atoms with Crippen LogP contribution < -0.4 is 0 Å². The van der Waals surface area contributed by atoms with Crippen LogP contribution in [-0.4, -0.2) is 45.7 Å². The molecule has 1 saturated heterocycles. The predicted octanol–water partition coefficient (Wildman–Crippen LogP) is 1.28. The number of aliphatic hydroxyl groups is 1. The van der Waals surface area contributed by atoms with Gasteiger partial charge in [0.1, 0.15) is 17.7 Å². The van der Waals surface area contributed by atoms with Crippen LogP contribution in [0.3, 0.4) is 0 Å². The van der Waals surface area contributed by atoms with E-state index in [2.05, 4.69) is 0 Å². The summed E-state index contributed by atoms with van der Waals surface area (Å²) in [5.74, 6) is -4.35. The van der Waals surface area contributed by atoms with Gasteiger partial charge in [-0.3, -0.25) is 4.79 Å². The Morgan fingerprint density at radius 2 is 1.95 bits per heavy atom. The lowest BCUT2D eigenvalue weighted by molar-refractivity contribution is -0.141. The summed E-state index contributed by atoms with van der Waals surface area (Å²) in [6, 6.07) is -0.00800. The summed E-state index contributed by atoms with van der Waals surface area (Å²) in [5.41, 5.74) is -0.618. The van der Waals surface area contributed by atoms with Gasteiger partial charge in [0, 0.05) is 13.0 Å². The molecular formula is C12H10ClF2NO4. The zero-order valence-corrected chi connectivity index (χ0v) is 10.8. The minimum Gasteiger partial charge on any atom is -0.480 e. The van der Waals surface area contributed by atoms with Crippen LogP contribution >= 0.6 is 11.6 Å². The summed E-state index contributed by atoms with van der Waals surface area (Å²) in [6.07, 6.45) is -1.17. The molecule has 20 heavy (non-hydrogen) atoms. The molecule has 0 radical (unpaired) electrons. The van der Waals surface area contributed by atoms with Crippen molar-refractivity contribution in [3.8, 4) is 0 Å². The first-order valence-electron chi connectivity index (χ1n) is 5.67. The smallest absolute Gasteiger partial charge is 0.326 e. The van der Waals surface area contributed by atoms with Crippen molar-refractivity contribution in [2.75, 3.05) is 6.54 Å². The molecule has 2 N–H and O–H groups in total. The van der Waals surface area contributed by atoms with Crippen LogP contribution in [0.1, 0.15) is 16.8 Å². The molecule has 0 aromatic heterocycles. The highest BCUT2D eigenvalue weighted by atomic mass is 35.5. The minimum atomic E-state index is -1.32.